The van der Waals surface area contributed by atoms with Crippen LogP contribution in [0.2, 0.25) is 0 Å². The van der Waals surface area contributed by atoms with Crippen LogP contribution in [0.25, 0.3) is 0 Å². The largest absolute Gasteiger partial charge is 0.490 e. The fraction of sp³-hybridized carbons (Fsp3) is 0.533. The third kappa shape index (κ3) is 2.81. The van der Waals surface area contributed by atoms with Crippen LogP contribution < -0.4 is 19.1 Å². The highest BCUT2D eigenvalue weighted by Gasteiger charge is 2.27. The number of benzene rings is 1. The summed E-state index contributed by atoms with van der Waals surface area (Å²) in [4.78, 5) is 13.3. The second-order valence-corrected chi connectivity index (χ2v) is 4.37. The summed E-state index contributed by atoms with van der Waals surface area (Å²) >= 11 is 0. The molecule has 1 fully saturated rings. The second kappa shape index (κ2) is 6.50. The zero-order chi connectivity index (χ0) is 14.5. The number of amides is 1. The average Bonchev–Trinajstić information content (AvgIpc) is 2.41. The quantitative estimate of drug-likeness (QED) is 0.720. The van der Waals surface area contributed by atoms with Crippen LogP contribution in [0.4, 0.5) is 5.69 Å². The van der Waals surface area contributed by atoms with E-state index < -0.39 is 0 Å². The Morgan fingerprint density at radius 1 is 1.00 bits per heavy atom. The van der Waals surface area contributed by atoms with Gasteiger partial charge in [-0.15, -0.1) is 0 Å². The third-order valence-corrected chi connectivity index (χ3v) is 3.06. The number of anilines is 1. The number of ether oxygens (including phenoxy) is 3. The molecule has 1 heterocycles. The van der Waals surface area contributed by atoms with E-state index in [4.69, 9.17) is 14.2 Å². The van der Waals surface area contributed by atoms with E-state index in [9.17, 15) is 4.79 Å². The molecule has 0 radical (unpaired) electrons. The molecule has 1 amide bonds. The van der Waals surface area contributed by atoms with Crippen LogP contribution in [-0.4, -0.2) is 32.3 Å². The van der Waals surface area contributed by atoms with E-state index in [1.807, 2.05) is 32.9 Å². The van der Waals surface area contributed by atoms with Crippen LogP contribution in [-0.2, 0) is 4.79 Å². The molecule has 1 aromatic carbocycles. The molecule has 0 aliphatic carbocycles. The maximum absolute atomic E-state index is 11.6. The molecule has 2 rings (SSSR count). The van der Waals surface area contributed by atoms with Gasteiger partial charge in [0, 0.05) is 25.1 Å². The summed E-state index contributed by atoms with van der Waals surface area (Å²) in [6.45, 7) is 8.07. The van der Waals surface area contributed by atoms with Crippen LogP contribution in [0.1, 0.15) is 27.2 Å². The van der Waals surface area contributed by atoms with E-state index in [0.29, 0.717) is 43.5 Å². The standard InChI is InChI=1S/C15H21NO4/c1-4-18-12-9-11(16-8-7-14(16)17)10-13(19-5-2)15(12)20-6-3/h9-10H,4-8H2,1-3H3. The van der Waals surface area contributed by atoms with Crippen molar-refractivity contribution in [2.24, 2.45) is 0 Å². The molecular weight excluding hydrogens is 258 g/mol. The van der Waals surface area contributed by atoms with E-state index in [0.717, 1.165) is 12.2 Å². The molecule has 1 aliphatic rings. The third-order valence-electron chi connectivity index (χ3n) is 3.06. The summed E-state index contributed by atoms with van der Waals surface area (Å²) in [6.07, 6.45) is 0.598. The number of hydrogen-bond acceptors (Lipinski definition) is 4. The van der Waals surface area contributed by atoms with Crippen LogP contribution in [0, 0.1) is 0 Å². The highest BCUT2D eigenvalue weighted by Crippen LogP contribution is 2.42. The van der Waals surface area contributed by atoms with E-state index in [1.54, 1.807) is 4.90 Å². The van der Waals surface area contributed by atoms with Crippen molar-refractivity contribution in [2.75, 3.05) is 31.3 Å². The average molecular weight is 279 g/mol. The van der Waals surface area contributed by atoms with E-state index >= 15 is 0 Å². The summed E-state index contributed by atoms with van der Waals surface area (Å²) in [6, 6.07) is 3.68. The predicted octanol–water partition coefficient (Wildman–Crippen LogP) is 2.62. The fourth-order valence-electron chi connectivity index (χ4n) is 2.12. The first-order valence-corrected chi connectivity index (χ1v) is 7.08. The van der Waals surface area contributed by atoms with Crippen LogP contribution >= 0.6 is 0 Å². The molecule has 0 aromatic heterocycles. The molecule has 0 spiro atoms. The Labute approximate surface area is 119 Å². The molecule has 0 unspecified atom stereocenters. The first kappa shape index (κ1) is 14.5. The van der Waals surface area contributed by atoms with E-state index in [2.05, 4.69) is 0 Å². The van der Waals surface area contributed by atoms with Crippen molar-refractivity contribution in [3.8, 4) is 17.2 Å². The predicted molar refractivity (Wildman–Crippen MR) is 76.9 cm³/mol. The summed E-state index contributed by atoms with van der Waals surface area (Å²) in [7, 11) is 0. The van der Waals surface area contributed by atoms with Crippen molar-refractivity contribution in [3.63, 3.8) is 0 Å². The molecule has 0 bridgehead atoms. The molecule has 110 valence electrons. The smallest absolute Gasteiger partial charge is 0.228 e. The van der Waals surface area contributed by atoms with Gasteiger partial charge in [0.2, 0.25) is 11.7 Å². The molecule has 0 atom stereocenters. The topological polar surface area (TPSA) is 48.0 Å². The molecule has 1 saturated heterocycles. The zero-order valence-corrected chi connectivity index (χ0v) is 12.3. The lowest BCUT2D eigenvalue weighted by atomic mass is 10.1. The van der Waals surface area contributed by atoms with Gasteiger partial charge >= 0.3 is 0 Å². The van der Waals surface area contributed by atoms with Crippen molar-refractivity contribution in [1.82, 2.24) is 0 Å². The van der Waals surface area contributed by atoms with E-state index in [-0.39, 0.29) is 5.91 Å². The molecule has 0 N–H and O–H groups in total. The van der Waals surface area contributed by atoms with Crippen LogP contribution in [0.15, 0.2) is 12.1 Å². The van der Waals surface area contributed by atoms with Gasteiger partial charge in [-0.3, -0.25) is 4.79 Å². The fourth-order valence-corrected chi connectivity index (χ4v) is 2.12. The first-order valence-electron chi connectivity index (χ1n) is 7.08. The van der Waals surface area contributed by atoms with Crippen molar-refractivity contribution in [3.05, 3.63) is 12.1 Å². The normalized spacial score (nSPS) is 13.9. The van der Waals surface area contributed by atoms with Crippen LogP contribution in [0.5, 0.6) is 17.2 Å². The minimum absolute atomic E-state index is 0.124. The molecule has 5 heteroatoms. The van der Waals surface area contributed by atoms with Crippen molar-refractivity contribution in [2.45, 2.75) is 27.2 Å². The lowest BCUT2D eigenvalue weighted by molar-refractivity contribution is -0.122. The van der Waals surface area contributed by atoms with Gasteiger partial charge in [-0.2, -0.15) is 0 Å². The van der Waals surface area contributed by atoms with Gasteiger partial charge in [0.15, 0.2) is 11.5 Å². The SMILES string of the molecule is CCOc1cc(N2CCC2=O)cc(OCC)c1OCC. The van der Waals surface area contributed by atoms with Gasteiger partial charge in [-0.1, -0.05) is 0 Å². The van der Waals surface area contributed by atoms with Gasteiger partial charge in [-0.05, 0) is 20.8 Å². The minimum Gasteiger partial charge on any atom is -0.490 e. The maximum Gasteiger partial charge on any atom is 0.228 e. The first-order chi connectivity index (χ1) is 9.71. The minimum atomic E-state index is 0.124. The van der Waals surface area contributed by atoms with Gasteiger partial charge in [-0.25, -0.2) is 0 Å². The van der Waals surface area contributed by atoms with Gasteiger partial charge in [0.25, 0.3) is 0 Å². The second-order valence-electron chi connectivity index (χ2n) is 4.37. The lowest BCUT2D eigenvalue weighted by Crippen LogP contribution is -2.43. The maximum atomic E-state index is 11.6. The Kier molecular flexibility index (Phi) is 4.71. The van der Waals surface area contributed by atoms with E-state index in [1.165, 1.54) is 0 Å². The number of carbonyl (C=O) groups excluding carboxylic acids is 1. The van der Waals surface area contributed by atoms with Crippen molar-refractivity contribution in [1.29, 1.82) is 0 Å². The van der Waals surface area contributed by atoms with Crippen molar-refractivity contribution < 1.29 is 19.0 Å². The molecule has 1 aliphatic heterocycles. The Balaban J connectivity index is 2.41. The molecule has 0 saturated carbocycles. The number of hydrogen-bond donors (Lipinski definition) is 0. The van der Waals surface area contributed by atoms with Gasteiger partial charge in [0.1, 0.15) is 0 Å². The lowest BCUT2D eigenvalue weighted by Gasteiger charge is -2.31. The Hall–Kier alpha value is -1.91. The number of β-lactam (4-membered cyclic amide) rings is 1. The highest BCUT2D eigenvalue weighted by molar-refractivity contribution is 5.99. The molecule has 5 nitrogen and oxygen atoms in total. The Morgan fingerprint density at radius 2 is 1.55 bits per heavy atom. The summed E-state index contributed by atoms with van der Waals surface area (Å²) in [5.74, 6) is 1.97. The van der Waals surface area contributed by atoms with Crippen molar-refractivity contribution >= 4 is 11.6 Å². The summed E-state index contributed by atoms with van der Waals surface area (Å²) in [5, 5.41) is 0. The Morgan fingerprint density at radius 3 is 1.90 bits per heavy atom. The van der Waals surface area contributed by atoms with Crippen LogP contribution in [0.3, 0.4) is 0 Å². The monoisotopic (exact) mass is 279 g/mol. The number of carbonyl (C=O) groups is 1. The highest BCUT2D eigenvalue weighted by atomic mass is 16.5. The molecule has 1 aromatic rings. The summed E-state index contributed by atoms with van der Waals surface area (Å²) < 4.78 is 16.9. The number of nitrogens with zero attached hydrogens (tertiary/aromatic N) is 1. The zero-order valence-electron chi connectivity index (χ0n) is 12.3. The Bertz CT molecular complexity index is 460. The molecular formula is C15H21NO4. The van der Waals surface area contributed by atoms with Gasteiger partial charge < -0.3 is 19.1 Å². The van der Waals surface area contributed by atoms with Gasteiger partial charge in [0.05, 0.1) is 25.5 Å². The number of rotatable bonds is 7. The summed E-state index contributed by atoms with van der Waals surface area (Å²) in [5.41, 5.74) is 0.802. The molecule has 20 heavy (non-hydrogen) atoms.